The Labute approximate surface area is 150 Å². The molecule has 2 aromatic carbocycles. The molecule has 0 fully saturated rings. The second kappa shape index (κ2) is 8.19. The van der Waals surface area contributed by atoms with Gasteiger partial charge in [-0.1, -0.05) is 12.1 Å². The molecule has 138 valence electrons. The number of hydrogen-bond acceptors (Lipinski definition) is 6. The molecule has 2 aromatic rings. The maximum Gasteiger partial charge on any atom is 0.269 e. The number of carbonyl (C=O) groups is 1. The van der Waals surface area contributed by atoms with Crippen LogP contribution in [0.5, 0.6) is 17.2 Å². The van der Waals surface area contributed by atoms with E-state index in [-0.39, 0.29) is 17.0 Å². The quantitative estimate of drug-likeness (QED) is 0.601. The van der Waals surface area contributed by atoms with Crippen LogP contribution in [0.15, 0.2) is 36.4 Å². The average molecular weight is 360 g/mol. The van der Waals surface area contributed by atoms with Crippen LogP contribution in [-0.4, -0.2) is 32.2 Å². The Morgan fingerprint density at radius 1 is 1.08 bits per heavy atom. The van der Waals surface area contributed by atoms with Crippen molar-refractivity contribution < 1.29 is 23.9 Å². The lowest BCUT2D eigenvalue weighted by Crippen LogP contribution is -2.27. The van der Waals surface area contributed by atoms with Gasteiger partial charge in [-0.3, -0.25) is 14.9 Å². The summed E-state index contributed by atoms with van der Waals surface area (Å²) in [7, 11) is 4.37. The van der Waals surface area contributed by atoms with Gasteiger partial charge >= 0.3 is 0 Å². The highest BCUT2D eigenvalue weighted by Gasteiger charge is 2.22. The van der Waals surface area contributed by atoms with Crippen molar-refractivity contribution in [2.75, 3.05) is 21.3 Å². The number of rotatable bonds is 7. The van der Waals surface area contributed by atoms with E-state index in [1.807, 2.05) is 0 Å². The minimum absolute atomic E-state index is 0.0349. The smallest absolute Gasteiger partial charge is 0.269 e. The van der Waals surface area contributed by atoms with Crippen molar-refractivity contribution in [2.24, 2.45) is 0 Å². The maximum absolute atomic E-state index is 12.7. The van der Waals surface area contributed by atoms with Crippen molar-refractivity contribution in [3.05, 3.63) is 57.6 Å². The van der Waals surface area contributed by atoms with Gasteiger partial charge in [-0.25, -0.2) is 0 Å². The third kappa shape index (κ3) is 3.85. The fraction of sp³-hybridized carbons (Fsp3) is 0.278. The van der Waals surface area contributed by atoms with Gasteiger partial charge in [0.25, 0.3) is 11.6 Å². The molecule has 1 N–H and O–H groups in total. The highest BCUT2D eigenvalue weighted by molar-refractivity contribution is 5.98. The normalized spacial score (nSPS) is 11.4. The fourth-order valence-corrected chi connectivity index (χ4v) is 2.55. The number of ether oxygens (including phenoxy) is 3. The minimum atomic E-state index is -0.477. The number of carbonyl (C=O) groups excluding carboxylic acids is 1. The molecule has 1 amide bonds. The monoisotopic (exact) mass is 360 g/mol. The third-order valence-corrected chi connectivity index (χ3v) is 3.88. The lowest BCUT2D eigenvalue weighted by atomic mass is 10.1. The molecule has 0 aliphatic rings. The predicted molar refractivity (Wildman–Crippen MR) is 95.1 cm³/mol. The molecule has 0 saturated heterocycles. The lowest BCUT2D eigenvalue weighted by molar-refractivity contribution is -0.384. The van der Waals surface area contributed by atoms with Gasteiger partial charge in [-0.05, 0) is 24.6 Å². The van der Waals surface area contributed by atoms with Crippen LogP contribution in [-0.2, 0) is 0 Å². The minimum Gasteiger partial charge on any atom is -0.493 e. The van der Waals surface area contributed by atoms with Crippen LogP contribution in [0, 0.1) is 10.1 Å². The van der Waals surface area contributed by atoms with Crippen LogP contribution in [0.3, 0.4) is 0 Å². The summed E-state index contributed by atoms with van der Waals surface area (Å²) in [6, 6.07) is 8.84. The van der Waals surface area contributed by atoms with E-state index in [1.54, 1.807) is 31.2 Å². The number of nitro groups is 1. The number of nitro benzene ring substituents is 1. The van der Waals surface area contributed by atoms with Crippen molar-refractivity contribution in [1.82, 2.24) is 5.32 Å². The average Bonchev–Trinajstić information content (AvgIpc) is 2.66. The molecule has 0 aliphatic heterocycles. The summed E-state index contributed by atoms with van der Waals surface area (Å²) in [5.74, 6) is 0.593. The molecule has 0 radical (unpaired) electrons. The van der Waals surface area contributed by atoms with Crippen molar-refractivity contribution in [3.63, 3.8) is 0 Å². The first-order valence-electron chi connectivity index (χ1n) is 7.77. The zero-order valence-corrected chi connectivity index (χ0v) is 14.9. The van der Waals surface area contributed by atoms with E-state index in [4.69, 9.17) is 14.2 Å². The Morgan fingerprint density at radius 2 is 1.77 bits per heavy atom. The summed E-state index contributed by atoms with van der Waals surface area (Å²) in [5, 5.41) is 13.7. The Balaban J connectivity index is 2.30. The Bertz CT molecular complexity index is 821. The molecule has 2 rings (SSSR count). The Hall–Kier alpha value is -3.29. The van der Waals surface area contributed by atoms with Crippen LogP contribution < -0.4 is 19.5 Å². The van der Waals surface area contributed by atoms with E-state index in [2.05, 4.69) is 5.32 Å². The molecule has 8 nitrogen and oxygen atoms in total. The summed E-state index contributed by atoms with van der Waals surface area (Å²) in [6.07, 6.45) is 0. The number of hydrogen-bond donors (Lipinski definition) is 1. The largest absolute Gasteiger partial charge is 0.493 e. The van der Waals surface area contributed by atoms with E-state index in [9.17, 15) is 14.9 Å². The van der Waals surface area contributed by atoms with Crippen LogP contribution >= 0.6 is 0 Å². The van der Waals surface area contributed by atoms with Crippen molar-refractivity contribution in [2.45, 2.75) is 13.0 Å². The van der Waals surface area contributed by atoms with E-state index < -0.39 is 16.9 Å². The van der Waals surface area contributed by atoms with Crippen LogP contribution in [0.25, 0.3) is 0 Å². The van der Waals surface area contributed by atoms with Gasteiger partial charge < -0.3 is 19.5 Å². The first-order valence-corrected chi connectivity index (χ1v) is 7.77. The molecule has 0 bridgehead atoms. The number of methoxy groups -OCH3 is 3. The Morgan fingerprint density at radius 3 is 2.35 bits per heavy atom. The number of nitrogens with one attached hydrogen (secondary N) is 1. The predicted octanol–water partition coefficient (Wildman–Crippen LogP) is 3.11. The van der Waals surface area contributed by atoms with E-state index in [0.717, 1.165) is 0 Å². The van der Waals surface area contributed by atoms with E-state index >= 15 is 0 Å². The molecule has 0 saturated carbocycles. The molecule has 1 atom stereocenters. The van der Waals surface area contributed by atoms with Crippen molar-refractivity contribution >= 4 is 11.6 Å². The number of non-ortho nitro benzene ring substituents is 1. The molecule has 0 aromatic heterocycles. The topological polar surface area (TPSA) is 99.9 Å². The van der Waals surface area contributed by atoms with Gasteiger partial charge in [0.15, 0.2) is 11.5 Å². The van der Waals surface area contributed by atoms with Gasteiger partial charge in [0.05, 0.1) is 37.9 Å². The van der Waals surface area contributed by atoms with Gasteiger partial charge in [0, 0.05) is 12.1 Å². The first kappa shape index (κ1) is 19.0. The van der Waals surface area contributed by atoms with Crippen molar-refractivity contribution in [1.29, 1.82) is 0 Å². The fourth-order valence-electron chi connectivity index (χ4n) is 2.55. The highest BCUT2D eigenvalue weighted by Crippen LogP contribution is 2.39. The van der Waals surface area contributed by atoms with Crippen molar-refractivity contribution in [3.8, 4) is 17.2 Å². The molecular formula is C18H20N2O6. The van der Waals surface area contributed by atoms with E-state index in [1.165, 1.54) is 33.5 Å². The van der Waals surface area contributed by atoms with Crippen LogP contribution in [0.1, 0.15) is 28.9 Å². The molecule has 1 unspecified atom stereocenters. The van der Waals surface area contributed by atoms with Gasteiger partial charge in [-0.2, -0.15) is 0 Å². The van der Waals surface area contributed by atoms with Crippen LogP contribution in [0.2, 0.25) is 0 Å². The standard InChI is InChI=1S/C18H20N2O6/c1-11(12-6-5-7-13(10-12)20(22)23)19-18(21)14-8-9-15(24-2)17(26-4)16(14)25-3/h5-11H,1-4H3,(H,19,21). The third-order valence-electron chi connectivity index (χ3n) is 3.88. The Kier molecular flexibility index (Phi) is 6.00. The summed E-state index contributed by atoms with van der Waals surface area (Å²) in [4.78, 5) is 23.1. The first-order chi connectivity index (χ1) is 12.4. The highest BCUT2D eigenvalue weighted by atomic mass is 16.6. The number of benzene rings is 2. The molecule has 0 spiro atoms. The molecule has 26 heavy (non-hydrogen) atoms. The number of nitrogens with zero attached hydrogens (tertiary/aromatic N) is 1. The van der Waals surface area contributed by atoms with Gasteiger partial charge in [0.1, 0.15) is 0 Å². The molecule has 0 aliphatic carbocycles. The van der Waals surface area contributed by atoms with E-state index in [0.29, 0.717) is 17.1 Å². The van der Waals surface area contributed by atoms with Gasteiger partial charge in [-0.15, -0.1) is 0 Å². The SMILES string of the molecule is COc1ccc(C(=O)NC(C)c2cccc([N+](=O)[O-])c2)c(OC)c1OC. The van der Waals surface area contributed by atoms with Gasteiger partial charge in [0.2, 0.25) is 5.75 Å². The second-order valence-electron chi connectivity index (χ2n) is 5.43. The number of amides is 1. The zero-order chi connectivity index (χ0) is 19.3. The maximum atomic E-state index is 12.7. The molecule has 8 heteroatoms. The molecule has 0 heterocycles. The second-order valence-corrected chi connectivity index (χ2v) is 5.43. The van der Waals surface area contributed by atoms with Crippen LogP contribution in [0.4, 0.5) is 5.69 Å². The zero-order valence-electron chi connectivity index (χ0n) is 14.9. The summed E-state index contributed by atoms with van der Waals surface area (Å²) in [5.41, 5.74) is 0.849. The molecular weight excluding hydrogens is 340 g/mol. The summed E-state index contributed by atoms with van der Waals surface area (Å²) >= 11 is 0. The summed E-state index contributed by atoms with van der Waals surface area (Å²) in [6.45, 7) is 1.74. The lowest BCUT2D eigenvalue weighted by Gasteiger charge is -2.18. The summed E-state index contributed by atoms with van der Waals surface area (Å²) < 4.78 is 15.8.